The van der Waals surface area contributed by atoms with E-state index >= 15 is 0 Å². The average Bonchev–Trinajstić information content (AvgIpc) is 3.16. The van der Waals surface area contributed by atoms with Crippen LogP contribution in [0.2, 0.25) is 0 Å². The van der Waals surface area contributed by atoms with Crippen molar-refractivity contribution >= 4 is 0 Å². The molecule has 0 bridgehead atoms. The maximum atomic E-state index is 4.73. The van der Waals surface area contributed by atoms with Gasteiger partial charge in [-0.25, -0.2) is 0 Å². The van der Waals surface area contributed by atoms with Crippen molar-refractivity contribution in [3.63, 3.8) is 0 Å². The Labute approximate surface area is 127 Å². The van der Waals surface area contributed by atoms with Gasteiger partial charge in [0.1, 0.15) is 0 Å². The van der Waals surface area contributed by atoms with E-state index in [1.54, 1.807) is 0 Å². The lowest BCUT2D eigenvalue weighted by molar-refractivity contribution is 0.458. The molecule has 2 aromatic rings. The average molecular weight is 283 g/mol. The number of nitrogens with one attached hydrogen (secondary N) is 1. The SMILES string of the molecule is Cc1ccc(C(C)NCc2ccn(C3CCCC3)n2)cc1. The molecule has 1 aromatic carbocycles. The zero-order valence-corrected chi connectivity index (χ0v) is 13.0. The summed E-state index contributed by atoms with van der Waals surface area (Å²) < 4.78 is 2.17. The number of rotatable bonds is 5. The zero-order valence-electron chi connectivity index (χ0n) is 13.0. The number of hydrogen-bond donors (Lipinski definition) is 1. The number of aromatic nitrogens is 2. The molecular formula is C18H25N3. The molecule has 0 amide bonds. The minimum absolute atomic E-state index is 0.349. The second-order valence-corrected chi connectivity index (χ2v) is 6.24. The Morgan fingerprint density at radius 3 is 2.62 bits per heavy atom. The van der Waals surface area contributed by atoms with E-state index in [0.29, 0.717) is 12.1 Å². The van der Waals surface area contributed by atoms with E-state index in [1.807, 2.05) is 0 Å². The predicted octanol–water partition coefficient (Wildman–Crippen LogP) is 4.16. The molecule has 1 saturated carbocycles. The van der Waals surface area contributed by atoms with Gasteiger partial charge in [0.05, 0.1) is 11.7 Å². The molecule has 0 saturated heterocycles. The summed E-state index contributed by atoms with van der Waals surface area (Å²) in [7, 11) is 0. The van der Waals surface area contributed by atoms with Crippen LogP contribution in [0.25, 0.3) is 0 Å². The molecule has 3 rings (SSSR count). The smallest absolute Gasteiger partial charge is 0.0762 e. The minimum Gasteiger partial charge on any atom is -0.304 e. The van der Waals surface area contributed by atoms with Crippen LogP contribution in [0.4, 0.5) is 0 Å². The van der Waals surface area contributed by atoms with Crippen LogP contribution in [-0.4, -0.2) is 9.78 Å². The summed E-state index contributed by atoms with van der Waals surface area (Å²) in [4.78, 5) is 0. The van der Waals surface area contributed by atoms with Crippen LogP contribution in [0.5, 0.6) is 0 Å². The summed E-state index contributed by atoms with van der Waals surface area (Å²) in [6.07, 6.45) is 7.41. The van der Waals surface area contributed by atoms with Gasteiger partial charge in [-0.15, -0.1) is 0 Å². The van der Waals surface area contributed by atoms with Crippen molar-refractivity contribution in [3.8, 4) is 0 Å². The first-order valence-electron chi connectivity index (χ1n) is 8.06. The summed E-state index contributed by atoms with van der Waals surface area (Å²) in [6, 6.07) is 11.9. The van der Waals surface area contributed by atoms with E-state index in [-0.39, 0.29) is 0 Å². The van der Waals surface area contributed by atoms with Gasteiger partial charge in [0, 0.05) is 18.8 Å². The fourth-order valence-corrected chi connectivity index (χ4v) is 3.07. The van der Waals surface area contributed by atoms with Crippen molar-refractivity contribution in [1.82, 2.24) is 15.1 Å². The highest BCUT2D eigenvalue weighted by Crippen LogP contribution is 2.28. The van der Waals surface area contributed by atoms with Gasteiger partial charge in [0.2, 0.25) is 0 Å². The van der Waals surface area contributed by atoms with Crippen molar-refractivity contribution in [1.29, 1.82) is 0 Å². The number of nitrogens with zero attached hydrogens (tertiary/aromatic N) is 2. The molecular weight excluding hydrogens is 258 g/mol. The predicted molar refractivity (Wildman–Crippen MR) is 86.2 cm³/mol. The standard InChI is InChI=1S/C18H25N3/c1-14-7-9-16(10-8-14)15(2)19-13-17-11-12-21(20-17)18-5-3-4-6-18/h7-12,15,18-19H,3-6,13H2,1-2H3. The highest BCUT2D eigenvalue weighted by atomic mass is 15.3. The molecule has 1 aromatic heterocycles. The van der Waals surface area contributed by atoms with Crippen LogP contribution in [0.3, 0.4) is 0 Å². The van der Waals surface area contributed by atoms with E-state index in [9.17, 15) is 0 Å². The molecule has 1 N–H and O–H groups in total. The molecule has 1 unspecified atom stereocenters. The van der Waals surface area contributed by atoms with Crippen LogP contribution < -0.4 is 5.32 Å². The molecule has 0 aliphatic heterocycles. The Balaban J connectivity index is 1.56. The van der Waals surface area contributed by atoms with Crippen LogP contribution in [0.1, 0.15) is 61.5 Å². The van der Waals surface area contributed by atoms with Crippen LogP contribution in [0, 0.1) is 6.92 Å². The van der Waals surface area contributed by atoms with Gasteiger partial charge in [-0.2, -0.15) is 5.10 Å². The molecule has 1 aliphatic rings. The third-order valence-corrected chi connectivity index (χ3v) is 4.53. The number of hydrogen-bond acceptors (Lipinski definition) is 2. The molecule has 1 heterocycles. The summed E-state index contributed by atoms with van der Waals surface area (Å²) in [5.41, 5.74) is 3.78. The van der Waals surface area contributed by atoms with E-state index in [0.717, 1.165) is 12.2 Å². The molecule has 112 valence electrons. The van der Waals surface area contributed by atoms with Gasteiger partial charge >= 0.3 is 0 Å². The Hall–Kier alpha value is -1.61. The van der Waals surface area contributed by atoms with E-state index in [4.69, 9.17) is 5.10 Å². The zero-order chi connectivity index (χ0) is 14.7. The third-order valence-electron chi connectivity index (χ3n) is 4.53. The van der Waals surface area contributed by atoms with Gasteiger partial charge in [0.25, 0.3) is 0 Å². The molecule has 21 heavy (non-hydrogen) atoms. The summed E-state index contributed by atoms with van der Waals surface area (Å²) in [5.74, 6) is 0. The second-order valence-electron chi connectivity index (χ2n) is 6.24. The fourth-order valence-electron chi connectivity index (χ4n) is 3.07. The maximum absolute atomic E-state index is 4.73. The van der Waals surface area contributed by atoms with E-state index in [1.165, 1.54) is 36.8 Å². The van der Waals surface area contributed by atoms with Gasteiger partial charge in [-0.1, -0.05) is 42.7 Å². The minimum atomic E-state index is 0.349. The van der Waals surface area contributed by atoms with Gasteiger partial charge in [0.15, 0.2) is 0 Å². The Kier molecular flexibility index (Phi) is 4.39. The lowest BCUT2D eigenvalue weighted by atomic mass is 10.1. The first kappa shape index (κ1) is 14.3. The topological polar surface area (TPSA) is 29.9 Å². The van der Waals surface area contributed by atoms with Crippen molar-refractivity contribution in [3.05, 3.63) is 53.3 Å². The van der Waals surface area contributed by atoms with E-state index in [2.05, 4.69) is 60.4 Å². The summed E-state index contributed by atoms with van der Waals surface area (Å²) >= 11 is 0. The molecule has 3 nitrogen and oxygen atoms in total. The Morgan fingerprint density at radius 1 is 1.19 bits per heavy atom. The van der Waals surface area contributed by atoms with Crippen LogP contribution in [0.15, 0.2) is 36.5 Å². The van der Waals surface area contributed by atoms with Gasteiger partial charge in [-0.05, 0) is 38.3 Å². The number of aryl methyl sites for hydroxylation is 1. The molecule has 0 radical (unpaired) electrons. The maximum Gasteiger partial charge on any atom is 0.0762 e. The highest BCUT2D eigenvalue weighted by molar-refractivity contribution is 5.23. The Morgan fingerprint density at radius 2 is 1.90 bits per heavy atom. The van der Waals surface area contributed by atoms with Gasteiger partial charge in [-0.3, -0.25) is 4.68 Å². The highest BCUT2D eigenvalue weighted by Gasteiger charge is 2.17. The van der Waals surface area contributed by atoms with Crippen molar-refractivity contribution in [2.45, 2.75) is 58.2 Å². The second kappa shape index (κ2) is 6.44. The van der Waals surface area contributed by atoms with Gasteiger partial charge < -0.3 is 5.32 Å². The quantitative estimate of drug-likeness (QED) is 0.893. The van der Waals surface area contributed by atoms with Crippen LogP contribution in [-0.2, 0) is 6.54 Å². The first-order chi connectivity index (χ1) is 10.2. The fraction of sp³-hybridized carbons (Fsp3) is 0.500. The van der Waals surface area contributed by atoms with Crippen molar-refractivity contribution in [2.24, 2.45) is 0 Å². The Bertz CT molecular complexity index is 564. The monoisotopic (exact) mass is 283 g/mol. The molecule has 1 atom stereocenters. The third kappa shape index (κ3) is 3.53. The first-order valence-corrected chi connectivity index (χ1v) is 8.06. The van der Waals surface area contributed by atoms with E-state index < -0.39 is 0 Å². The van der Waals surface area contributed by atoms with Crippen molar-refractivity contribution < 1.29 is 0 Å². The molecule has 1 aliphatic carbocycles. The lowest BCUT2D eigenvalue weighted by Crippen LogP contribution is -2.18. The molecule has 0 spiro atoms. The molecule has 1 fully saturated rings. The largest absolute Gasteiger partial charge is 0.304 e. The lowest BCUT2D eigenvalue weighted by Gasteiger charge is -2.14. The normalized spacial score (nSPS) is 17.2. The number of benzene rings is 1. The molecule has 3 heteroatoms. The summed E-state index contributed by atoms with van der Waals surface area (Å²) in [5, 5.41) is 8.29. The summed E-state index contributed by atoms with van der Waals surface area (Å²) in [6.45, 7) is 5.16. The van der Waals surface area contributed by atoms with Crippen LogP contribution >= 0.6 is 0 Å². The van der Waals surface area contributed by atoms with Crippen molar-refractivity contribution in [2.75, 3.05) is 0 Å².